The number of rotatable bonds is 3. The maximum absolute atomic E-state index is 11.5. The van der Waals surface area contributed by atoms with E-state index >= 15 is 0 Å². The molecule has 0 spiro atoms. The largest absolute Gasteiger partial charge is 0.387 e. The van der Waals surface area contributed by atoms with Crippen molar-refractivity contribution >= 4 is 15.7 Å². The number of hydrogen-bond acceptors (Lipinski definition) is 5. The van der Waals surface area contributed by atoms with E-state index in [0.717, 1.165) is 0 Å². The first-order chi connectivity index (χ1) is 7.39. The second kappa shape index (κ2) is 3.97. The van der Waals surface area contributed by atoms with E-state index in [9.17, 15) is 18.3 Å². The second-order valence-electron chi connectivity index (χ2n) is 4.67. The molecule has 92 valence electrons. The molecule has 0 saturated carbocycles. The normalized spacial score (nSPS) is 30.7. The molecule has 0 aliphatic carbocycles. The van der Waals surface area contributed by atoms with Gasteiger partial charge in [-0.25, -0.2) is 8.42 Å². The third kappa shape index (κ3) is 2.72. The van der Waals surface area contributed by atoms with Gasteiger partial charge in [-0.05, 0) is 6.42 Å². The Morgan fingerprint density at radius 3 is 2.62 bits per heavy atom. The fraction of sp³-hybridized carbons (Fsp3) is 0.889. The van der Waals surface area contributed by atoms with Crippen molar-refractivity contribution in [2.75, 3.05) is 24.6 Å². The van der Waals surface area contributed by atoms with E-state index in [1.165, 1.54) is 0 Å². The Kier molecular flexibility index (Phi) is 2.93. The highest BCUT2D eigenvalue weighted by molar-refractivity contribution is 7.91. The number of hydrogen-bond donors (Lipinski definition) is 3. The van der Waals surface area contributed by atoms with E-state index in [1.807, 2.05) is 0 Å². The molecule has 2 aliphatic heterocycles. The minimum atomic E-state index is -2.97. The van der Waals surface area contributed by atoms with E-state index in [0.29, 0.717) is 19.5 Å². The average Bonchev–Trinajstić information content (AvgIpc) is 2.42. The van der Waals surface area contributed by atoms with Crippen LogP contribution in [0, 0.1) is 0 Å². The van der Waals surface area contributed by atoms with Crippen LogP contribution < -0.4 is 10.6 Å². The van der Waals surface area contributed by atoms with Crippen molar-refractivity contribution in [2.45, 2.75) is 24.5 Å². The zero-order chi connectivity index (χ0) is 11.8. The van der Waals surface area contributed by atoms with Gasteiger partial charge >= 0.3 is 0 Å². The summed E-state index contributed by atoms with van der Waals surface area (Å²) in [5, 5.41) is 15.3. The maximum atomic E-state index is 11.5. The number of nitrogens with one attached hydrogen (secondary N) is 2. The van der Waals surface area contributed by atoms with E-state index < -0.39 is 15.4 Å². The summed E-state index contributed by atoms with van der Waals surface area (Å²) in [4.78, 5) is 11.5. The van der Waals surface area contributed by atoms with Gasteiger partial charge in [0, 0.05) is 19.1 Å². The third-order valence-corrected chi connectivity index (χ3v) is 4.76. The SMILES string of the molecule is O=C(CC1(O)CNC1)NC1CCS(=O)(=O)C1. The molecule has 0 aromatic heterocycles. The molecule has 1 atom stereocenters. The van der Waals surface area contributed by atoms with Crippen LogP contribution in [0.15, 0.2) is 0 Å². The predicted octanol–water partition coefficient (Wildman–Crippen LogP) is -1.99. The molecule has 0 radical (unpaired) electrons. The van der Waals surface area contributed by atoms with Crippen LogP contribution in [0.5, 0.6) is 0 Å². The fourth-order valence-corrected chi connectivity index (χ4v) is 3.70. The molecule has 2 saturated heterocycles. The van der Waals surface area contributed by atoms with Crippen molar-refractivity contribution in [3.63, 3.8) is 0 Å². The standard InChI is InChI=1S/C9H16N2O4S/c12-8(3-9(13)5-10-6-9)11-7-1-2-16(14,15)4-7/h7,10,13H,1-6H2,(H,11,12). The molecule has 1 unspecified atom stereocenters. The van der Waals surface area contributed by atoms with Crippen molar-refractivity contribution in [3.8, 4) is 0 Å². The van der Waals surface area contributed by atoms with Crippen molar-refractivity contribution in [1.82, 2.24) is 10.6 Å². The highest BCUT2D eigenvalue weighted by atomic mass is 32.2. The van der Waals surface area contributed by atoms with E-state index in [2.05, 4.69) is 10.6 Å². The lowest BCUT2D eigenvalue weighted by Crippen LogP contribution is -2.61. The van der Waals surface area contributed by atoms with Gasteiger partial charge in [0.05, 0.1) is 23.5 Å². The van der Waals surface area contributed by atoms with Crippen LogP contribution in [0.1, 0.15) is 12.8 Å². The van der Waals surface area contributed by atoms with Gasteiger partial charge in [0.2, 0.25) is 5.91 Å². The Bertz CT molecular complexity index is 388. The van der Waals surface area contributed by atoms with Gasteiger partial charge in [-0.3, -0.25) is 4.79 Å². The van der Waals surface area contributed by atoms with Crippen LogP contribution in [0.4, 0.5) is 0 Å². The Labute approximate surface area is 94.3 Å². The summed E-state index contributed by atoms with van der Waals surface area (Å²) in [6.45, 7) is 0.840. The molecule has 2 heterocycles. The smallest absolute Gasteiger partial charge is 0.223 e. The summed E-state index contributed by atoms with van der Waals surface area (Å²) in [7, 11) is -2.97. The predicted molar refractivity (Wildman–Crippen MR) is 57.6 cm³/mol. The van der Waals surface area contributed by atoms with Crippen LogP contribution in [0.2, 0.25) is 0 Å². The van der Waals surface area contributed by atoms with Gasteiger partial charge in [-0.2, -0.15) is 0 Å². The van der Waals surface area contributed by atoms with E-state index in [1.54, 1.807) is 0 Å². The molecule has 0 aromatic rings. The number of aliphatic hydroxyl groups is 1. The van der Waals surface area contributed by atoms with Gasteiger partial charge in [-0.1, -0.05) is 0 Å². The zero-order valence-electron chi connectivity index (χ0n) is 8.90. The number of carbonyl (C=O) groups is 1. The van der Waals surface area contributed by atoms with Gasteiger partial charge in [0.15, 0.2) is 9.84 Å². The topological polar surface area (TPSA) is 95.5 Å². The Balaban J connectivity index is 1.80. The zero-order valence-corrected chi connectivity index (χ0v) is 9.72. The third-order valence-electron chi connectivity index (χ3n) is 3.00. The fourth-order valence-electron chi connectivity index (χ4n) is 2.02. The monoisotopic (exact) mass is 248 g/mol. The van der Waals surface area contributed by atoms with Crippen molar-refractivity contribution in [1.29, 1.82) is 0 Å². The van der Waals surface area contributed by atoms with Crippen LogP contribution in [-0.2, 0) is 14.6 Å². The first-order valence-corrected chi connectivity index (χ1v) is 7.14. The number of amides is 1. The van der Waals surface area contributed by atoms with Crippen molar-refractivity contribution in [3.05, 3.63) is 0 Å². The minimum absolute atomic E-state index is 0.0232. The molecule has 2 aliphatic rings. The molecular formula is C9H16N2O4S. The lowest BCUT2D eigenvalue weighted by atomic mass is 9.93. The van der Waals surface area contributed by atoms with Crippen LogP contribution in [0.3, 0.4) is 0 Å². The molecular weight excluding hydrogens is 232 g/mol. The maximum Gasteiger partial charge on any atom is 0.223 e. The molecule has 16 heavy (non-hydrogen) atoms. The lowest BCUT2D eigenvalue weighted by molar-refractivity contribution is -0.128. The number of β-amino-alcohol motifs (C(OH)–C–C–N with tert-alkyl or cyclic N) is 1. The van der Waals surface area contributed by atoms with E-state index in [4.69, 9.17) is 0 Å². The summed E-state index contributed by atoms with van der Waals surface area (Å²) in [6, 6.07) is -0.283. The Morgan fingerprint density at radius 1 is 1.50 bits per heavy atom. The lowest BCUT2D eigenvalue weighted by Gasteiger charge is -2.37. The molecule has 0 aromatic carbocycles. The van der Waals surface area contributed by atoms with Gasteiger partial charge in [-0.15, -0.1) is 0 Å². The summed E-state index contributed by atoms with van der Waals surface area (Å²) in [6.07, 6.45) is 0.515. The summed E-state index contributed by atoms with van der Waals surface area (Å²) >= 11 is 0. The molecule has 0 bridgehead atoms. The first-order valence-electron chi connectivity index (χ1n) is 5.31. The average molecular weight is 248 g/mol. The Hall–Kier alpha value is -0.660. The van der Waals surface area contributed by atoms with Gasteiger partial charge < -0.3 is 15.7 Å². The molecule has 7 heteroatoms. The van der Waals surface area contributed by atoms with E-state index in [-0.39, 0.29) is 29.9 Å². The highest BCUT2D eigenvalue weighted by Gasteiger charge is 2.37. The van der Waals surface area contributed by atoms with Gasteiger partial charge in [0.25, 0.3) is 0 Å². The van der Waals surface area contributed by atoms with Crippen molar-refractivity contribution in [2.24, 2.45) is 0 Å². The van der Waals surface area contributed by atoms with Crippen LogP contribution in [-0.4, -0.2) is 55.7 Å². The van der Waals surface area contributed by atoms with Gasteiger partial charge in [0.1, 0.15) is 0 Å². The highest BCUT2D eigenvalue weighted by Crippen LogP contribution is 2.16. The Morgan fingerprint density at radius 2 is 2.19 bits per heavy atom. The molecule has 1 amide bonds. The number of sulfone groups is 1. The second-order valence-corrected chi connectivity index (χ2v) is 6.90. The molecule has 3 N–H and O–H groups in total. The minimum Gasteiger partial charge on any atom is -0.387 e. The van der Waals surface area contributed by atoms with Crippen LogP contribution in [0.25, 0.3) is 0 Å². The number of carbonyl (C=O) groups excluding carboxylic acids is 1. The van der Waals surface area contributed by atoms with Crippen molar-refractivity contribution < 1.29 is 18.3 Å². The summed E-state index contributed by atoms with van der Waals surface area (Å²) < 4.78 is 22.3. The first kappa shape index (κ1) is 11.8. The molecule has 6 nitrogen and oxygen atoms in total. The summed E-state index contributed by atoms with van der Waals surface area (Å²) in [5.74, 6) is -0.106. The quantitative estimate of drug-likeness (QED) is 0.537. The summed E-state index contributed by atoms with van der Waals surface area (Å²) in [5.41, 5.74) is -0.943. The van der Waals surface area contributed by atoms with Crippen LogP contribution >= 0.6 is 0 Å². The molecule has 2 fully saturated rings. The molecule has 2 rings (SSSR count).